The van der Waals surface area contributed by atoms with Gasteiger partial charge in [-0.3, -0.25) is 0 Å². The van der Waals surface area contributed by atoms with Crippen molar-refractivity contribution in [2.45, 2.75) is 12.3 Å². The smallest absolute Gasteiger partial charge is 0.119 e. The standard InChI is InChI=1S/C17H21NO3S/c1-20-16-9-7-14(8-10-16)12-18-22(3,19)13-15-5-4-6-17(11-15)21-2/h4-11H,12-13H2,1-3H3. The molecule has 2 aromatic carbocycles. The van der Waals surface area contributed by atoms with Gasteiger partial charge in [0.25, 0.3) is 0 Å². The predicted molar refractivity (Wildman–Crippen MR) is 89.9 cm³/mol. The Bertz CT molecular complexity index is 732. The van der Waals surface area contributed by atoms with Crippen molar-refractivity contribution in [2.75, 3.05) is 20.5 Å². The molecule has 0 saturated heterocycles. The van der Waals surface area contributed by atoms with E-state index in [0.717, 1.165) is 22.6 Å². The maximum Gasteiger partial charge on any atom is 0.119 e. The lowest BCUT2D eigenvalue weighted by Crippen LogP contribution is -2.02. The maximum atomic E-state index is 12.6. The normalized spacial score (nSPS) is 13.2. The summed E-state index contributed by atoms with van der Waals surface area (Å²) in [6, 6.07) is 15.2. The van der Waals surface area contributed by atoms with Crippen molar-refractivity contribution in [2.24, 2.45) is 4.36 Å². The minimum Gasteiger partial charge on any atom is -0.497 e. The molecule has 1 unspecified atom stereocenters. The fraction of sp³-hybridized carbons (Fsp3) is 0.294. The average Bonchev–Trinajstić information content (AvgIpc) is 2.53. The van der Waals surface area contributed by atoms with E-state index in [1.165, 1.54) is 0 Å². The van der Waals surface area contributed by atoms with Crippen molar-refractivity contribution in [3.63, 3.8) is 0 Å². The third kappa shape index (κ3) is 4.77. The Balaban J connectivity index is 2.09. The fourth-order valence-corrected chi connectivity index (χ4v) is 3.37. The second-order valence-electron chi connectivity index (χ2n) is 5.09. The van der Waals surface area contributed by atoms with E-state index < -0.39 is 9.73 Å². The number of hydrogen-bond donors (Lipinski definition) is 0. The molecule has 0 fully saturated rings. The van der Waals surface area contributed by atoms with Crippen LogP contribution in [0.1, 0.15) is 11.1 Å². The first kappa shape index (κ1) is 16.4. The number of nitrogens with zero attached hydrogens (tertiary/aromatic N) is 1. The van der Waals surface area contributed by atoms with Gasteiger partial charge in [-0.15, -0.1) is 0 Å². The first-order valence-electron chi connectivity index (χ1n) is 6.94. The van der Waals surface area contributed by atoms with Gasteiger partial charge in [-0.25, -0.2) is 8.57 Å². The molecule has 2 rings (SSSR count). The summed E-state index contributed by atoms with van der Waals surface area (Å²) in [5.74, 6) is 1.99. The average molecular weight is 319 g/mol. The number of hydrogen-bond acceptors (Lipinski definition) is 4. The molecule has 0 aliphatic rings. The Morgan fingerprint density at radius 3 is 2.27 bits per heavy atom. The Labute approximate surface area is 132 Å². The second kappa shape index (κ2) is 7.31. The highest BCUT2D eigenvalue weighted by Crippen LogP contribution is 2.17. The van der Waals surface area contributed by atoms with Crippen LogP contribution in [0.4, 0.5) is 0 Å². The van der Waals surface area contributed by atoms with Crippen LogP contribution >= 0.6 is 0 Å². The molecule has 22 heavy (non-hydrogen) atoms. The SMILES string of the molecule is COc1ccc(CN=S(C)(=O)Cc2cccc(OC)c2)cc1. The highest BCUT2D eigenvalue weighted by Gasteiger charge is 2.05. The number of ether oxygens (including phenoxy) is 2. The van der Waals surface area contributed by atoms with Crippen LogP contribution in [0.3, 0.4) is 0 Å². The van der Waals surface area contributed by atoms with Crippen LogP contribution in [0.2, 0.25) is 0 Å². The van der Waals surface area contributed by atoms with Gasteiger partial charge in [-0.1, -0.05) is 24.3 Å². The van der Waals surface area contributed by atoms with Crippen LogP contribution < -0.4 is 9.47 Å². The van der Waals surface area contributed by atoms with Crippen molar-refractivity contribution in [3.05, 3.63) is 59.7 Å². The van der Waals surface area contributed by atoms with Gasteiger partial charge in [-0.05, 0) is 35.4 Å². The molecule has 0 heterocycles. The quantitative estimate of drug-likeness (QED) is 0.818. The molecule has 4 nitrogen and oxygen atoms in total. The summed E-state index contributed by atoms with van der Waals surface area (Å²) >= 11 is 0. The van der Waals surface area contributed by atoms with Gasteiger partial charge in [0, 0.05) is 16.0 Å². The maximum absolute atomic E-state index is 12.6. The first-order chi connectivity index (χ1) is 10.5. The third-order valence-electron chi connectivity index (χ3n) is 3.25. The second-order valence-corrected chi connectivity index (χ2v) is 7.56. The largest absolute Gasteiger partial charge is 0.497 e. The predicted octanol–water partition coefficient (Wildman–Crippen LogP) is 3.50. The fourth-order valence-electron chi connectivity index (χ4n) is 2.06. The van der Waals surface area contributed by atoms with E-state index in [9.17, 15) is 4.21 Å². The summed E-state index contributed by atoms with van der Waals surface area (Å²) < 4.78 is 27.3. The Morgan fingerprint density at radius 2 is 1.64 bits per heavy atom. The van der Waals surface area contributed by atoms with E-state index in [-0.39, 0.29) is 0 Å². The molecule has 5 heteroatoms. The molecule has 118 valence electrons. The molecule has 1 atom stereocenters. The lowest BCUT2D eigenvalue weighted by molar-refractivity contribution is 0.414. The molecule has 2 aromatic rings. The molecule has 0 amide bonds. The van der Waals surface area contributed by atoms with Crippen molar-refractivity contribution in [3.8, 4) is 11.5 Å². The third-order valence-corrected chi connectivity index (χ3v) is 4.79. The molecule has 0 radical (unpaired) electrons. The topological polar surface area (TPSA) is 47.9 Å². The minimum absolute atomic E-state index is 0.417. The van der Waals surface area contributed by atoms with Crippen LogP contribution in [-0.4, -0.2) is 24.7 Å². The van der Waals surface area contributed by atoms with Crippen LogP contribution in [0.15, 0.2) is 52.9 Å². The molecular formula is C17H21NO3S. The van der Waals surface area contributed by atoms with Crippen LogP contribution in [-0.2, 0) is 22.0 Å². The lowest BCUT2D eigenvalue weighted by Gasteiger charge is -2.07. The summed E-state index contributed by atoms with van der Waals surface area (Å²) in [5.41, 5.74) is 1.98. The number of rotatable bonds is 6. The number of benzene rings is 2. The van der Waals surface area contributed by atoms with Crippen LogP contribution in [0, 0.1) is 0 Å². The van der Waals surface area contributed by atoms with E-state index >= 15 is 0 Å². The summed E-state index contributed by atoms with van der Waals surface area (Å²) in [4.78, 5) is 0. The summed E-state index contributed by atoms with van der Waals surface area (Å²) in [5, 5.41) is 0. The molecule has 0 aliphatic heterocycles. The summed E-state index contributed by atoms with van der Waals surface area (Å²) in [6.45, 7) is 0.434. The highest BCUT2D eigenvalue weighted by atomic mass is 32.2. The van der Waals surface area contributed by atoms with E-state index in [1.54, 1.807) is 20.5 Å². The number of methoxy groups -OCH3 is 2. The van der Waals surface area contributed by atoms with E-state index in [1.807, 2.05) is 48.5 Å². The molecule has 0 saturated carbocycles. The van der Waals surface area contributed by atoms with Gasteiger partial charge >= 0.3 is 0 Å². The van der Waals surface area contributed by atoms with Crippen molar-refractivity contribution in [1.29, 1.82) is 0 Å². The van der Waals surface area contributed by atoms with Crippen LogP contribution in [0.25, 0.3) is 0 Å². The van der Waals surface area contributed by atoms with Gasteiger partial charge < -0.3 is 9.47 Å². The van der Waals surface area contributed by atoms with Gasteiger partial charge in [0.2, 0.25) is 0 Å². The van der Waals surface area contributed by atoms with Crippen molar-refractivity contribution >= 4 is 9.73 Å². The molecular weight excluding hydrogens is 298 g/mol. The Kier molecular flexibility index (Phi) is 5.44. The monoisotopic (exact) mass is 319 g/mol. The molecule has 0 N–H and O–H groups in total. The minimum atomic E-state index is -2.29. The van der Waals surface area contributed by atoms with Gasteiger partial charge in [0.05, 0.1) is 26.5 Å². The van der Waals surface area contributed by atoms with E-state index in [4.69, 9.17) is 9.47 Å². The first-order valence-corrected chi connectivity index (χ1v) is 9.03. The van der Waals surface area contributed by atoms with Gasteiger partial charge in [0.1, 0.15) is 11.5 Å². The van der Waals surface area contributed by atoms with E-state index in [2.05, 4.69) is 4.36 Å². The zero-order valence-electron chi connectivity index (χ0n) is 13.1. The molecule has 0 aromatic heterocycles. The molecule has 0 aliphatic carbocycles. The van der Waals surface area contributed by atoms with E-state index in [0.29, 0.717) is 12.3 Å². The molecule has 0 spiro atoms. The van der Waals surface area contributed by atoms with Crippen molar-refractivity contribution in [1.82, 2.24) is 0 Å². The van der Waals surface area contributed by atoms with Gasteiger partial charge in [0.15, 0.2) is 0 Å². The lowest BCUT2D eigenvalue weighted by atomic mass is 10.2. The van der Waals surface area contributed by atoms with Crippen LogP contribution in [0.5, 0.6) is 11.5 Å². The highest BCUT2D eigenvalue weighted by molar-refractivity contribution is 7.92. The van der Waals surface area contributed by atoms with Crippen molar-refractivity contribution < 1.29 is 13.7 Å². The summed E-state index contributed by atoms with van der Waals surface area (Å²) in [6.07, 6.45) is 1.69. The zero-order chi connectivity index (χ0) is 16.0. The summed E-state index contributed by atoms with van der Waals surface area (Å²) in [7, 11) is 0.967. The van der Waals surface area contributed by atoms with Gasteiger partial charge in [-0.2, -0.15) is 0 Å². The molecule has 0 bridgehead atoms. The Morgan fingerprint density at radius 1 is 0.955 bits per heavy atom. The Hall–Kier alpha value is -2.01. The zero-order valence-corrected chi connectivity index (χ0v) is 13.9.